The highest BCUT2D eigenvalue weighted by atomic mass is 19.3. The molecule has 3 nitrogen and oxygen atoms in total. The van der Waals surface area contributed by atoms with Crippen molar-refractivity contribution < 1.29 is 18.3 Å². The van der Waals surface area contributed by atoms with E-state index in [-0.39, 0.29) is 24.0 Å². The molecule has 0 spiro atoms. The van der Waals surface area contributed by atoms with Gasteiger partial charge >= 0.3 is 5.97 Å². The minimum Gasteiger partial charge on any atom is -0.469 e. The molecule has 20 heavy (non-hydrogen) atoms. The number of hydrogen-bond donors (Lipinski definition) is 0. The van der Waals surface area contributed by atoms with E-state index in [0.717, 1.165) is 0 Å². The van der Waals surface area contributed by atoms with Crippen LogP contribution in [-0.4, -0.2) is 37.6 Å². The molecule has 0 saturated carbocycles. The van der Waals surface area contributed by atoms with E-state index in [1.54, 1.807) is 23.1 Å². The molecule has 0 aliphatic carbocycles. The Labute approximate surface area is 117 Å². The Morgan fingerprint density at radius 2 is 1.90 bits per heavy atom. The first-order chi connectivity index (χ1) is 9.53. The highest BCUT2D eigenvalue weighted by Crippen LogP contribution is 2.30. The lowest BCUT2D eigenvalue weighted by atomic mass is 9.96. The van der Waals surface area contributed by atoms with Crippen LogP contribution in [0.1, 0.15) is 18.4 Å². The quantitative estimate of drug-likeness (QED) is 0.796. The number of rotatable bonds is 4. The summed E-state index contributed by atoms with van der Waals surface area (Å²) in [6.45, 7) is 0.704. The number of carbonyl (C=O) groups excluding carboxylic acids is 1. The third-order valence-electron chi connectivity index (χ3n) is 3.74. The van der Waals surface area contributed by atoms with Crippen molar-refractivity contribution in [1.82, 2.24) is 4.90 Å². The molecule has 0 N–H and O–H groups in total. The van der Waals surface area contributed by atoms with E-state index in [9.17, 15) is 13.6 Å². The third kappa shape index (κ3) is 3.54. The average Bonchev–Trinajstić information content (AvgIpc) is 2.48. The molecule has 5 heteroatoms. The van der Waals surface area contributed by atoms with Crippen LogP contribution in [0, 0.1) is 5.92 Å². The molecular weight excluding hydrogens is 264 g/mol. The molecule has 110 valence electrons. The zero-order valence-electron chi connectivity index (χ0n) is 11.5. The summed E-state index contributed by atoms with van der Waals surface area (Å²) in [6, 6.07) is 7.85. The van der Waals surface area contributed by atoms with Gasteiger partial charge < -0.3 is 4.74 Å². The summed E-state index contributed by atoms with van der Waals surface area (Å²) in [7, 11) is 1.36. The molecule has 2 rings (SSSR count). The van der Waals surface area contributed by atoms with Crippen molar-refractivity contribution in [3.8, 4) is 0 Å². The fraction of sp³-hybridized carbons (Fsp3) is 0.533. The minimum absolute atomic E-state index is 0.0371. The molecule has 0 radical (unpaired) electrons. The van der Waals surface area contributed by atoms with Gasteiger partial charge in [-0.2, -0.15) is 8.78 Å². The van der Waals surface area contributed by atoms with E-state index in [2.05, 4.69) is 4.74 Å². The zero-order valence-corrected chi connectivity index (χ0v) is 11.5. The number of piperidine rings is 1. The van der Waals surface area contributed by atoms with Crippen LogP contribution in [0.2, 0.25) is 0 Å². The first-order valence-electron chi connectivity index (χ1n) is 6.76. The van der Waals surface area contributed by atoms with Crippen LogP contribution >= 0.6 is 0 Å². The average molecular weight is 283 g/mol. The standard InChI is InChI=1S/C15H19F2NO2/c1-20-14(19)12-7-9-18(10-8-12)11-15(16,17)13-5-3-2-4-6-13/h2-6,12H,7-11H2,1H3. The van der Waals surface area contributed by atoms with Gasteiger partial charge in [-0.3, -0.25) is 9.69 Å². The molecule has 1 heterocycles. The van der Waals surface area contributed by atoms with Gasteiger partial charge in [0.1, 0.15) is 0 Å². The van der Waals surface area contributed by atoms with Crippen LogP contribution in [0.5, 0.6) is 0 Å². The van der Waals surface area contributed by atoms with Crippen LogP contribution in [0.4, 0.5) is 8.78 Å². The van der Waals surface area contributed by atoms with E-state index in [4.69, 9.17) is 0 Å². The molecular formula is C15H19F2NO2. The second-order valence-electron chi connectivity index (χ2n) is 5.14. The van der Waals surface area contributed by atoms with E-state index in [1.807, 2.05) is 0 Å². The van der Waals surface area contributed by atoms with Crippen LogP contribution in [0.3, 0.4) is 0 Å². The van der Waals surface area contributed by atoms with Gasteiger partial charge in [-0.25, -0.2) is 0 Å². The van der Waals surface area contributed by atoms with E-state index < -0.39 is 5.92 Å². The number of halogens is 2. The fourth-order valence-electron chi connectivity index (χ4n) is 2.55. The lowest BCUT2D eigenvalue weighted by Crippen LogP contribution is -2.42. The molecule has 0 aromatic heterocycles. The Morgan fingerprint density at radius 3 is 2.45 bits per heavy atom. The maximum atomic E-state index is 14.1. The van der Waals surface area contributed by atoms with Gasteiger partial charge in [0, 0.05) is 5.56 Å². The lowest BCUT2D eigenvalue weighted by molar-refractivity contribution is -0.147. The van der Waals surface area contributed by atoms with Gasteiger partial charge in [0.25, 0.3) is 5.92 Å². The van der Waals surface area contributed by atoms with Gasteiger partial charge in [-0.1, -0.05) is 30.3 Å². The summed E-state index contributed by atoms with van der Waals surface area (Å²) in [6.07, 6.45) is 1.16. The van der Waals surface area contributed by atoms with Crippen LogP contribution in [0.15, 0.2) is 30.3 Å². The van der Waals surface area contributed by atoms with E-state index in [1.165, 1.54) is 19.2 Å². The number of ether oxygens (including phenoxy) is 1. The normalized spacial score (nSPS) is 17.9. The Balaban J connectivity index is 1.91. The maximum absolute atomic E-state index is 14.1. The van der Waals surface area contributed by atoms with Crippen LogP contribution < -0.4 is 0 Å². The number of methoxy groups -OCH3 is 1. The first-order valence-corrected chi connectivity index (χ1v) is 6.76. The third-order valence-corrected chi connectivity index (χ3v) is 3.74. The summed E-state index contributed by atoms with van der Waals surface area (Å²) in [5, 5.41) is 0. The predicted octanol–water partition coefficient (Wildman–Crippen LogP) is 2.66. The highest BCUT2D eigenvalue weighted by molar-refractivity contribution is 5.72. The van der Waals surface area contributed by atoms with E-state index >= 15 is 0 Å². The van der Waals surface area contributed by atoms with Crippen molar-refractivity contribution in [3.05, 3.63) is 35.9 Å². The molecule has 1 aromatic rings. The molecule has 1 fully saturated rings. The van der Waals surface area contributed by atoms with Crippen molar-refractivity contribution in [2.75, 3.05) is 26.7 Å². The number of nitrogens with zero attached hydrogens (tertiary/aromatic N) is 1. The number of esters is 1. The van der Waals surface area contributed by atoms with Crippen molar-refractivity contribution in [2.24, 2.45) is 5.92 Å². The SMILES string of the molecule is COC(=O)C1CCN(CC(F)(F)c2ccccc2)CC1. The van der Waals surface area contributed by atoms with Gasteiger partial charge in [-0.15, -0.1) is 0 Å². The molecule has 0 amide bonds. The zero-order chi connectivity index (χ0) is 14.6. The summed E-state index contributed by atoms with van der Waals surface area (Å²) in [5.41, 5.74) is 0.0371. The smallest absolute Gasteiger partial charge is 0.308 e. The summed E-state index contributed by atoms with van der Waals surface area (Å²) >= 11 is 0. The number of carbonyl (C=O) groups is 1. The van der Waals surface area contributed by atoms with Crippen LogP contribution in [0.25, 0.3) is 0 Å². The second-order valence-corrected chi connectivity index (χ2v) is 5.14. The van der Waals surface area contributed by atoms with Crippen LogP contribution in [-0.2, 0) is 15.5 Å². The van der Waals surface area contributed by atoms with Gasteiger partial charge in [-0.05, 0) is 25.9 Å². The summed E-state index contributed by atoms with van der Waals surface area (Å²) in [4.78, 5) is 13.1. The Bertz CT molecular complexity index is 442. The largest absolute Gasteiger partial charge is 0.469 e. The molecule has 1 aliphatic rings. The highest BCUT2D eigenvalue weighted by Gasteiger charge is 2.36. The maximum Gasteiger partial charge on any atom is 0.308 e. The molecule has 0 atom stereocenters. The number of alkyl halides is 2. The summed E-state index contributed by atoms with van der Waals surface area (Å²) in [5.74, 6) is -3.25. The summed E-state index contributed by atoms with van der Waals surface area (Å²) < 4.78 is 32.9. The van der Waals surface area contributed by atoms with Crippen molar-refractivity contribution >= 4 is 5.97 Å². The fourth-order valence-corrected chi connectivity index (χ4v) is 2.55. The molecule has 0 bridgehead atoms. The van der Waals surface area contributed by atoms with Gasteiger partial charge in [0.2, 0.25) is 0 Å². The Morgan fingerprint density at radius 1 is 1.30 bits per heavy atom. The molecule has 1 aromatic carbocycles. The lowest BCUT2D eigenvalue weighted by Gasteiger charge is -2.33. The minimum atomic E-state index is -2.86. The Hall–Kier alpha value is -1.49. The monoisotopic (exact) mass is 283 g/mol. The molecule has 1 aliphatic heterocycles. The van der Waals surface area contributed by atoms with Gasteiger partial charge in [0.15, 0.2) is 0 Å². The Kier molecular flexibility index (Phi) is 4.70. The van der Waals surface area contributed by atoms with Crippen molar-refractivity contribution in [2.45, 2.75) is 18.8 Å². The number of benzene rings is 1. The number of likely N-dealkylation sites (tertiary alicyclic amines) is 1. The predicted molar refractivity (Wildman–Crippen MR) is 71.5 cm³/mol. The van der Waals surface area contributed by atoms with Crippen molar-refractivity contribution in [1.29, 1.82) is 0 Å². The second kappa shape index (κ2) is 6.31. The molecule has 1 saturated heterocycles. The topological polar surface area (TPSA) is 29.5 Å². The van der Waals surface area contributed by atoms with E-state index in [0.29, 0.717) is 25.9 Å². The van der Waals surface area contributed by atoms with Crippen molar-refractivity contribution in [3.63, 3.8) is 0 Å². The van der Waals surface area contributed by atoms with Gasteiger partial charge in [0.05, 0.1) is 19.6 Å². The molecule has 0 unspecified atom stereocenters. The number of hydrogen-bond acceptors (Lipinski definition) is 3. The first kappa shape index (κ1) is 14.9.